The zero-order valence-electron chi connectivity index (χ0n) is 15.8. The number of allylic oxidation sites excluding steroid dienone is 4. The van der Waals surface area contributed by atoms with Crippen LogP contribution in [0.4, 0.5) is 11.4 Å². The lowest BCUT2D eigenvalue weighted by Crippen LogP contribution is -2.21. The summed E-state index contributed by atoms with van der Waals surface area (Å²) in [5.41, 5.74) is -0.192. The van der Waals surface area contributed by atoms with Gasteiger partial charge in [-0.15, -0.1) is 0 Å². The van der Waals surface area contributed by atoms with Gasteiger partial charge in [-0.1, -0.05) is 27.7 Å². The van der Waals surface area contributed by atoms with Crippen LogP contribution in [0.3, 0.4) is 0 Å². The van der Waals surface area contributed by atoms with E-state index in [1.807, 2.05) is 27.7 Å². The van der Waals surface area contributed by atoms with Gasteiger partial charge >= 0.3 is 0 Å². The maximum absolute atomic E-state index is 12.5. The molecule has 0 aliphatic heterocycles. The normalized spacial score (nSPS) is 14.1. The molecule has 0 radical (unpaired) electrons. The molecule has 146 valence electrons. The summed E-state index contributed by atoms with van der Waals surface area (Å²) in [5, 5.41) is 22.0. The zero-order chi connectivity index (χ0) is 21.2. The number of rotatable bonds is 5. The molecule has 2 rings (SSSR count). The monoisotopic (exact) mass is 385 g/mol. The van der Waals surface area contributed by atoms with Gasteiger partial charge in [-0.05, 0) is 24.0 Å². The topological polar surface area (TPSA) is 133 Å². The number of nitrogens with zero attached hydrogens (tertiary/aromatic N) is 3. The fourth-order valence-electron chi connectivity index (χ4n) is 2.69. The van der Waals surface area contributed by atoms with E-state index in [1.165, 1.54) is 12.2 Å². The van der Waals surface area contributed by atoms with Gasteiger partial charge in [0.15, 0.2) is 5.78 Å². The van der Waals surface area contributed by atoms with Gasteiger partial charge in [0.25, 0.3) is 17.3 Å². The van der Waals surface area contributed by atoms with Crippen molar-refractivity contribution in [1.29, 1.82) is 0 Å². The summed E-state index contributed by atoms with van der Waals surface area (Å²) in [6.45, 7) is 7.37. The van der Waals surface area contributed by atoms with Crippen LogP contribution in [0.25, 0.3) is 0 Å². The van der Waals surface area contributed by atoms with Gasteiger partial charge in [0.1, 0.15) is 0 Å². The SMILES string of the molecule is CC(C)C1=CC(=NC(=O)c2cc([N+](=O)[O-])cc([N+](=O)[O-])c2)C=C(C(C)C)C1=O. The van der Waals surface area contributed by atoms with Crippen LogP contribution in [0.5, 0.6) is 0 Å². The van der Waals surface area contributed by atoms with Crippen molar-refractivity contribution in [3.63, 3.8) is 0 Å². The Bertz CT molecular complexity index is 908. The summed E-state index contributed by atoms with van der Waals surface area (Å²) < 4.78 is 0. The molecule has 0 unspecified atom stereocenters. The second-order valence-electron chi connectivity index (χ2n) is 6.93. The van der Waals surface area contributed by atoms with E-state index < -0.39 is 27.1 Å². The standard InChI is InChI=1S/C19H19N3O6/c1-10(2)16-7-13(8-17(11(3)4)18(16)23)20-19(24)12-5-14(21(25)26)9-15(6-12)22(27)28/h5-11H,1-4H3. The number of hydrogen-bond donors (Lipinski definition) is 0. The fraction of sp³-hybridized carbons (Fsp3) is 0.316. The van der Waals surface area contributed by atoms with Crippen LogP contribution in [0.1, 0.15) is 38.1 Å². The average Bonchev–Trinajstić information content (AvgIpc) is 2.61. The predicted octanol–water partition coefficient (Wildman–Crippen LogP) is 3.83. The molecular weight excluding hydrogens is 366 g/mol. The third-order valence-corrected chi connectivity index (χ3v) is 4.18. The first-order valence-corrected chi connectivity index (χ1v) is 8.56. The van der Waals surface area contributed by atoms with Gasteiger partial charge < -0.3 is 0 Å². The second-order valence-corrected chi connectivity index (χ2v) is 6.93. The number of carbonyl (C=O) groups is 2. The number of benzene rings is 1. The average molecular weight is 385 g/mol. The van der Waals surface area contributed by atoms with E-state index in [2.05, 4.69) is 4.99 Å². The van der Waals surface area contributed by atoms with E-state index in [4.69, 9.17) is 0 Å². The first kappa shape index (κ1) is 20.8. The molecule has 0 atom stereocenters. The predicted molar refractivity (Wildman–Crippen MR) is 102 cm³/mol. The van der Waals surface area contributed by atoms with E-state index in [9.17, 15) is 29.8 Å². The number of amides is 1. The Labute approximate surface area is 160 Å². The van der Waals surface area contributed by atoms with Crippen molar-refractivity contribution in [2.75, 3.05) is 0 Å². The van der Waals surface area contributed by atoms with Gasteiger partial charge in [0, 0.05) is 23.3 Å². The lowest BCUT2D eigenvalue weighted by atomic mass is 9.84. The fourth-order valence-corrected chi connectivity index (χ4v) is 2.69. The summed E-state index contributed by atoms with van der Waals surface area (Å²) in [7, 11) is 0. The Balaban J connectivity index is 2.54. The molecule has 0 saturated carbocycles. The second kappa shape index (κ2) is 8.03. The quantitative estimate of drug-likeness (QED) is 0.430. The highest BCUT2D eigenvalue weighted by molar-refractivity contribution is 6.24. The van der Waals surface area contributed by atoms with Crippen molar-refractivity contribution >= 4 is 28.8 Å². The minimum atomic E-state index is -0.866. The lowest BCUT2D eigenvalue weighted by molar-refractivity contribution is -0.394. The Morgan fingerprint density at radius 1 is 0.893 bits per heavy atom. The minimum Gasteiger partial charge on any atom is -0.289 e. The summed E-state index contributed by atoms with van der Waals surface area (Å²) >= 11 is 0. The van der Waals surface area contributed by atoms with Crippen molar-refractivity contribution in [3.05, 3.63) is 67.3 Å². The zero-order valence-corrected chi connectivity index (χ0v) is 15.8. The molecule has 0 fully saturated rings. The van der Waals surface area contributed by atoms with Crippen LogP contribution in [0.15, 0.2) is 46.5 Å². The summed E-state index contributed by atoms with van der Waals surface area (Å²) in [6, 6.07) is 2.65. The molecule has 1 aliphatic rings. The van der Waals surface area contributed by atoms with Gasteiger partial charge in [0.2, 0.25) is 0 Å². The minimum absolute atomic E-state index is 0.0887. The van der Waals surface area contributed by atoms with Crippen molar-refractivity contribution in [2.24, 2.45) is 16.8 Å². The smallest absolute Gasteiger partial charge is 0.278 e. The number of nitro benzene ring substituents is 2. The highest BCUT2D eigenvalue weighted by Gasteiger charge is 2.25. The van der Waals surface area contributed by atoms with Crippen LogP contribution in [-0.2, 0) is 4.79 Å². The molecule has 28 heavy (non-hydrogen) atoms. The van der Waals surface area contributed by atoms with Crippen LogP contribution in [-0.4, -0.2) is 27.2 Å². The highest BCUT2D eigenvalue weighted by atomic mass is 16.6. The number of aliphatic imine (C=N–C) groups is 1. The molecule has 0 spiro atoms. The highest BCUT2D eigenvalue weighted by Crippen LogP contribution is 2.26. The Morgan fingerprint density at radius 2 is 1.32 bits per heavy atom. The van der Waals surface area contributed by atoms with Crippen molar-refractivity contribution in [1.82, 2.24) is 0 Å². The molecule has 1 aromatic rings. The first-order chi connectivity index (χ1) is 13.0. The lowest BCUT2D eigenvalue weighted by Gasteiger charge is -2.19. The molecule has 0 bridgehead atoms. The van der Waals surface area contributed by atoms with E-state index in [0.29, 0.717) is 11.1 Å². The number of Topliss-reactive ketones (excluding diaryl/α,β-unsaturated/α-hetero) is 1. The first-order valence-electron chi connectivity index (χ1n) is 8.56. The van der Waals surface area contributed by atoms with Crippen molar-refractivity contribution in [2.45, 2.75) is 27.7 Å². The van der Waals surface area contributed by atoms with E-state index in [-0.39, 0.29) is 28.9 Å². The van der Waals surface area contributed by atoms with E-state index in [1.54, 1.807) is 0 Å². The maximum atomic E-state index is 12.5. The number of ketones is 1. The summed E-state index contributed by atoms with van der Waals surface area (Å²) in [4.78, 5) is 49.3. The molecule has 9 nitrogen and oxygen atoms in total. The van der Waals surface area contributed by atoms with E-state index >= 15 is 0 Å². The molecule has 0 saturated heterocycles. The number of nitro groups is 2. The summed E-state index contributed by atoms with van der Waals surface area (Å²) in [5.74, 6) is -1.15. The van der Waals surface area contributed by atoms with Crippen LogP contribution >= 0.6 is 0 Å². The Hall–Kier alpha value is -3.49. The van der Waals surface area contributed by atoms with Crippen LogP contribution in [0.2, 0.25) is 0 Å². The largest absolute Gasteiger partial charge is 0.289 e. The van der Waals surface area contributed by atoms with Crippen molar-refractivity contribution in [3.8, 4) is 0 Å². The number of carbonyl (C=O) groups excluding carboxylic acids is 2. The summed E-state index contributed by atoms with van der Waals surface area (Å²) in [6.07, 6.45) is 3.01. The third kappa shape index (κ3) is 4.43. The molecule has 0 N–H and O–H groups in total. The molecule has 9 heteroatoms. The molecule has 0 aromatic heterocycles. The van der Waals surface area contributed by atoms with Crippen LogP contribution < -0.4 is 0 Å². The van der Waals surface area contributed by atoms with Gasteiger partial charge in [-0.25, -0.2) is 4.99 Å². The van der Waals surface area contributed by atoms with E-state index in [0.717, 1.165) is 18.2 Å². The molecule has 0 heterocycles. The van der Waals surface area contributed by atoms with Gasteiger partial charge in [-0.2, -0.15) is 0 Å². The van der Waals surface area contributed by atoms with Crippen molar-refractivity contribution < 1.29 is 19.4 Å². The number of non-ortho nitro benzene ring substituents is 2. The molecule has 1 aliphatic carbocycles. The third-order valence-electron chi connectivity index (χ3n) is 4.18. The Morgan fingerprint density at radius 3 is 1.68 bits per heavy atom. The molecule has 1 amide bonds. The van der Waals surface area contributed by atoms with Gasteiger partial charge in [-0.3, -0.25) is 29.8 Å². The maximum Gasteiger partial charge on any atom is 0.278 e. The van der Waals surface area contributed by atoms with Crippen LogP contribution in [0, 0.1) is 32.1 Å². The Kier molecular flexibility index (Phi) is 5.97. The number of hydrogen-bond acceptors (Lipinski definition) is 6. The molecule has 1 aromatic carbocycles. The molecular formula is C19H19N3O6. The van der Waals surface area contributed by atoms with Gasteiger partial charge in [0.05, 0.1) is 27.2 Å².